The Morgan fingerprint density at radius 1 is 0.750 bits per heavy atom. The molecule has 1 unspecified atom stereocenters. The number of aliphatic hydroxyl groups excluding tert-OH is 2. The number of β-amino-alcohol motifs (C(OH)–C–C–N with tert-alkyl or cyclic N) is 1. The van der Waals surface area contributed by atoms with E-state index in [-0.39, 0.29) is 6.04 Å². The first kappa shape index (κ1) is 28.0. The van der Waals surface area contributed by atoms with Gasteiger partial charge in [0.2, 0.25) is 0 Å². The summed E-state index contributed by atoms with van der Waals surface area (Å²) in [6, 6.07) is 0.00413. The average molecular weight is 456 g/mol. The van der Waals surface area contributed by atoms with Crippen LogP contribution in [0.1, 0.15) is 129 Å². The summed E-state index contributed by atoms with van der Waals surface area (Å²) in [4.78, 5) is 2.22. The highest BCUT2D eigenvalue weighted by Crippen LogP contribution is 2.37. The molecule has 0 aromatic rings. The largest absolute Gasteiger partial charge is 0.389 e. The molecule has 2 rings (SSSR count). The number of ether oxygens (including phenoxy) is 1. The number of fused-ring (bicyclic) bond motifs is 1. The number of likely N-dealkylation sites (tertiary alicyclic amines) is 1. The Morgan fingerprint density at radius 3 is 1.66 bits per heavy atom. The van der Waals surface area contributed by atoms with E-state index >= 15 is 0 Å². The Morgan fingerprint density at radius 2 is 1.19 bits per heavy atom. The van der Waals surface area contributed by atoms with E-state index in [1.54, 1.807) is 6.92 Å². The summed E-state index contributed by atoms with van der Waals surface area (Å²) in [5, 5.41) is 30.6. The fraction of sp³-hybridized carbons (Fsp3) is 1.00. The molecule has 0 bridgehead atoms. The number of hydrogen-bond acceptors (Lipinski definition) is 5. The lowest BCUT2D eigenvalue weighted by molar-refractivity contribution is -0.213. The van der Waals surface area contributed by atoms with Gasteiger partial charge in [0.25, 0.3) is 0 Å². The third kappa shape index (κ3) is 10.4. The summed E-state index contributed by atoms with van der Waals surface area (Å²) >= 11 is 0. The highest BCUT2D eigenvalue weighted by Gasteiger charge is 2.52. The molecular formula is C27H53NO4. The number of rotatable bonds is 18. The molecule has 0 radical (unpaired) electrons. The monoisotopic (exact) mass is 455 g/mol. The van der Waals surface area contributed by atoms with Crippen molar-refractivity contribution in [3.05, 3.63) is 0 Å². The van der Waals surface area contributed by atoms with Gasteiger partial charge in [0.15, 0.2) is 5.79 Å². The molecule has 0 amide bonds. The van der Waals surface area contributed by atoms with E-state index in [2.05, 4.69) is 11.8 Å². The van der Waals surface area contributed by atoms with Gasteiger partial charge in [-0.25, -0.2) is 0 Å². The summed E-state index contributed by atoms with van der Waals surface area (Å²) in [5.41, 5.74) is 0. The predicted octanol–water partition coefficient (Wildman–Crippen LogP) is 5.54. The molecule has 2 aliphatic heterocycles. The molecule has 0 spiro atoms. The molecule has 3 N–H and O–H groups in total. The third-order valence-electron chi connectivity index (χ3n) is 7.53. The Bertz CT molecular complexity index is 473. The van der Waals surface area contributed by atoms with E-state index in [0.717, 1.165) is 13.0 Å². The maximum Gasteiger partial charge on any atom is 0.164 e. The van der Waals surface area contributed by atoms with Crippen LogP contribution in [0.15, 0.2) is 0 Å². The Balaban J connectivity index is 1.39. The lowest BCUT2D eigenvalue weighted by Crippen LogP contribution is -2.59. The lowest BCUT2D eigenvalue weighted by Gasteiger charge is -2.41. The second-order valence-corrected chi connectivity index (χ2v) is 10.7. The maximum absolute atomic E-state index is 10.2. The first-order valence-electron chi connectivity index (χ1n) is 13.9. The normalized spacial score (nSPS) is 30.7. The number of nitrogens with zero attached hydrogens (tertiary/aromatic N) is 1. The van der Waals surface area contributed by atoms with Gasteiger partial charge in [-0.2, -0.15) is 0 Å². The number of unbranched alkanes of at least 4 members (excludes halogenated alkanes) is 16. The number of piperidine rings is 1. The van der Waals surface area contributed by atoms with Crippen LogP contribution in [0.3, 0.4) is 0 Å². The van der Waals surface area contributed by atoms with Crippen LogP contribution in [-0.2, 0) is 4.74 Å². The van der Waals surface area contributed by atoms with Crippen molar-refractivity contribution in [1.82, 2.24) is 4.90 Å². The van der Waals surface area contributed by atoms with Crippen molar-refractivity contribution in [1.29, 1.82) is 0 Å². The van der Waals surface area contributed by atoms with Crippen molar-refractivity contribution in [2.45, 2.75) is 160 Å². The van der Waals surface area contributed by atoms with E-state index in [9.17, 15) is 15.3 Å². The van der Waals surface area contributed by atoms with Gasteiger partial charge in [0, 0.05) is 19.0 Å². The minimum absolute atomic E-state index is 0.00413. The van der Waals surface area contributed by atoms with E-state index in [0.29, 0.717) is 13.0 Å². The molecule has 5 nitrogen and oxygen atoms in total. The molecule has 2 aliphatic rings. The Labute approximate surface area is 197 Å². The van der Waals surface area contributed by atoms with E-state index in [1.165, 1.54) is 103 Å². The van der Waals surface area contributed by atoms with Crippen LogP contribution in [0.4, 0.5) is 0 Å². The molecule has 0 saturated carbocycles. The van der Waals surface area contributed by atoms with Crippen molar-refractivity contribution in [2.75, 3.05) is 13.1 Å². The van der Waals surface area contributed by atoms with Crippen molar-refractivity contribution in [3.63, 3.8) is 0 Å². The van der Waals surface area contributed by atoms with Crippen molar-refractivity contribution in [3.8, 4) is 0 Å². The van der Waals surface area contributed by atoms with Gasteiger partial charge < -0.3 is 20.1 Å². The molecule has 5 atom stereocenters. The van der Waals surface area contributed by atoms with Gasteiger partial charge in [-0.1, -0.05) is 110 Å². The maximum atomic E-state index is 10.2. The standard InChI is InChI=1S/C27H53NO4/c1-3-4-5-6-7-8-9-10-11-12-13-14-15-16-17-18-19-20-28-22-24(29)25(30)26-23(28)21-27(2,31)32-26/h23-26,29-31H,3-22H2,1-2H3/t23-,24-,25-,26+,27?/m1/s1. The summed E-state index contributed by atoms with van der Waals surface area (Å²) in [6.07, 6.45) is 21.6. The first-order chi connectivity index (χ1) is 15.4. The summed E-state index contributed by atoms with van der Waals surface area (Å²) < 4.78 is 5.61. The summed E-state index contributed by atoms with van der Waals surface area (Å²) in [5.74, 6) is -1.20. The van der Waals surface area contributed by atoms with Crippen LogP contribution in [0.25, 0.3) is 0 Å². The van der Waals surface area contributed by atoms with Crippen molar-refractivity contribution >= 4 is 0 Å². The van der Waals surface area contributed by atoms with Crippen LogP contribution >= 0.6 is 0 Å². The Kier molecular flexibility index (Phi) is 13.7. The molecule has 190 valence electrons. The van der Waals surface area contributed by atoms with E-state index < -0.39 is 24.1 Å². The van der Waals surface area contributed by atoms with Gasteiger partial charge in [-0.3, -0.25) is 4.90 Å². The second kappa shape index (κ2) is 15.7. The van der Waals surface area contributed by atoms with Crippen LogP contribution < -0.4 is 0 Å². The zero-order chi connectivity index (χ0) is 23.2. The molecule has 0 aromatic carbocycles. The zero-order valence-electron chi connectivity index (χ0n) is 21.1. The number of hydrogen-bond donors (Lipinski definition) is 3. The smallest absolute Gasteiger partial charge is 0.164 e. The second-order valence-electron chi connectivity index (χ2n) is 10.7. The van der Waals surface area contributed by atoms with Gasteiger partial charge in [0.1, 0.15) is 12.2 Å². The van der Waals surface area contributed by atoms with Gasteiger partial charge in [0.05, 0.1) is 6.10 Å². The SMILES string of the molecule is CCCCCCCCCCCCCCCCCCCN1C[C@@H](O)[C@@H](O)[C@H]2OC(C)(O)C[C@H]21. The fourth-order valence-electron chi connectivity index (χ4n) is 5.56. The van der Waals surface area contributed by atoms with Gasteiger partial charge in [-0.15, -0.1) is 0 Å². The zero-order valence-corrected chi connectivity index (χ0v) is 21.1. The molecule has 5 heteroatoms. The third-order valence-corrected chi connectivity index (χ3v) is 7.53. The number of aliphatic hydroxyl groups is 3. The highest BCUT2D eigenvalue weighted by molar-refractivity contribution is 5.01. The quantitative estimate of drug-likeness (QED) is 0.237. The lowest BCUT2D eigenvalue weighted by atomic mass is 9.92. The van der Waals surface area contributed by atoms with Crippen LogP contribution in [0, 0.1) is 0 Å². The molecule has 0 aliphatic carbocycles. The molecule has 0 aromatic heterocycles. The molecular weight excluding hydrogens is 402 g/mol. The highest BCUT2D eigenvalue weighted by atomic mass is 16.6. The topological polar surface area (TPSA) is 73.2 Å². The van der Waals surface area contributed by atoms with Crippen LogP contribution in [0.2, 0.25) is 0 Å². The van der Waals surface area contributed by atoms with Crippen molar-refractivity contribution < 1.29 is 20.1 Å². The van der Waals surface area contributed by atoms with Crippen molar-refractivity contribution in [2.24, 2.45) is 0 Å². The van der Waals surface area contributed by atoms with E-state index in [4.69, 9.17) is 4.74 Å². The van der Waals surface area contributed by atoms with Crippen LogP contribution in [0.5, 0.6) is 0 Å². The first-order valence-corrected chi connectivity index (χ1v) is 13.9. The molecule has 32 heavy (non-hydrogen) atoms. The predicted molar refractivity (Wildman–Crippen MR) is 132 cm³/mol. The fourth-order valence-corrected chi connectivity index (χ4v) is 5.56. The summed E-state index contributed by atoms with van der Waals surface area (Å²) in [7, 11) is 0. The van der Waals surface area contributed by atoms with Crippen LogP contribution in [-0.4, -0.2) is 63.4 Å². The minimum atomic E-state index is -1.20. The molecule has 2 heterocycles. The average Bonchev–Trinajstić information content (AvgIpc) is 3.09. The van der Waals surface area contributed by atoms with Gasteiger partial charge in [-0.05, 0) is 19.9 Å². The van der Waals surface area contributed by atoms with E-state index in [1.807, 2.05) is 0 Å². The minimum Gasteiger partial charge on any atom is -0.389 e. The summed E-state index contributed by atoms with van der Waals surface area (Å²) in [6.45, 7) is 5.31. The molecule has 2 fully saturated rings. The molecule has 2 saturated heterocycles. The Hall–Kier alpha value is -0.200. The van der Waals surface area contributed by atoms with Gasteiger partial charge >= 0.3 is 0 Å².